The molecule has 0 spiro atoms. The molecule has 0 saturated heterocycles. The summed E-state index contributed by atoms with van der Waals surface area (Å²) in [6, 6.07) is 1.68. The molecule has 0 aliphatic heterocycles. The third kappa shape index (κ3) is 2.53. The Balaban J connectivity index is 3.46. The van der Waals surface area contributed by atoms with Crippen molar-refractivity contribution in [3.63, 3.8) is 0 Å². The summed E-state index contributed by atoms with van der Waals surface area (Å²) in [6.07, 6.45) is 0.847. The summed E-state index contributed by atoms with van der Waals surface area (Å²) >= 11 is 0. The first-order chi connectivity index (χ1) is 6.73. The van der Waals surface area contributed by atoms with Crippen LogP contribution in [0.2, 0.25) is 0 Å². The fourth-order valence-corrected chi connectivity index (χ4v) is 2.00. The Morgan fingerprint density at radius 2 is 1.67 bits per heavy atom. The van der Waals surface area contributed by atoms with Crippen molar-refractivity contribution in [2.75, 3.05) is 6.26 Å². The van der Waals surface area contributed by atoms with E-state index in [1.807, 2.05) is 0 Å². The maximum absolute atomic E-state index is 13.4. The van der Waals surface area contributed by atoms with Gasteiger partial charge >= 0.3 is 0 Å². The summed E-state index contributed by atoms with van der Waals surface area (Å²) in [5, 5.41) is 0. The van der Waals surface area contributed by atoms with Gasteiger partial charge < -0.3 is 0 Å². The van der Waals surface area contributed by atoms with Crippen molar-refractivity contribution < 1.29 is 17.2 Å². The fourth-order valence-electron chi connectivity index (χ4n) is 1.27. The van der Waals surface area contributed by atoms with E-state index in [4.69, 9.17) is 0 Å². The predicted molar refractivity (Wildman–Crippen MR) is 53.6 cm³/mol. The minimum Gasteiger partial charge on any atom is -0.224 e. The van der Waals surface area contributed by atoms with E-state index in [1.54, 1.807) is 13.8 Å². The minimum atomic E-state index is -3.71. The SMILES string of the molecule is CC(C)c1cc(F)c(S(C)(=O)=O)cc1F. The van der Waals surface area contributed by atoms with Crippen LogP contribution in [0.3, 0.4) is 0 Å². The van der Waals surface area contributed by atoms with Gasteiger partial charge in [0.2, 0.25) is 0 Å². The Hall–Kier alpha value is -0.970. The van der Waals surface area contributed by atoms with Crippen molar-refractivity contribution in [1.29, 1.82) is 0 Å². The molecular weight excluding hydrogens is 222 g/mol. The summed E-state index contributed by atoms with van der Waals surface area (Å²) in [5.74, 6) is -1.78. The molecule has 0 unspecified atom stereocenters. The van der Waals surface area contributed by atoms with Crippen LogP contribution < -0.4 is 0 Å². The minimum absolute atomic E-state index is 0.180. The highest BCUT2D eigenvalue weighted by molar-refractivity contribution is 7.90. The Morgan fingerprint density at radius 1 is 1.13 bits per heavy atom. The Bertz CT molecular complexity index is 478. The Labute approximate surface area is 87.8 Å². The van der Waals surface area contributed by atoms with E-state index >= 15 is 0 Å². The van der Waals surface area contributed by atoms with Crippen molar-refractivity contribution in [1.82, 2.24) is 0 Å². The molecule has 0 saturated carbocycles. The molecule has 1 rings (SSSR count). The number of hydrogen-bond acceptors (Lipinski definition) is 2. The monoisotopic (exact) mass is 234 g/mol. The van der Waals surface area contributed by atoms with Gasteiger partial charge in [0.1, 0.15) is 16.5 Å². The standard InChI is InChI=1S/C10H12F2O2S/c1-6(2)7-4-9(12)10(5-8(7)11)15(3,13)14/h4-6H,1-3H3. The number of benzene rings is 1. The highest BCUT2D eigenvalue weighted by Gasteiger charge is 2.18. The van der Waals surface area contributed by atoms with Crippen molar-refractivity contribution in [2.45, 2.75) is 24.7 Å². The molecule has 0 radical (unpaired) electrons. The second-order valence-electron chi connectivity index (χ2n) is 3.73. The maximum atomic E-state index is 13.4. The molecule has 0 aliphatic rings. The highest BCUT2D eigenvalue weighted by Crippen LogP contribution is 2.24. The van der Waals surface area contributed by atoms with Crippen LogP contribution >= 0.6 is 0 Å². The molecule has 0 aromatic heterocycles. The molecule has 1 aromatic carbocycles. The maximum Gasteiger partial charge on any atom is 0.178 e. The lowest BCUT2D eigenvalue weighted by Gasteiger charge is -2.09. The smallest absolute Gasteiger partial charge is 0.178 e. The van der Waals surface area contributed by atoms with Crippen LogP contribution in [0.4, 0.5) is 8.78 Å². The van der Waals surface area contributed by atoms with Crippen molar-refractivity contribution in [3.05, 3.63) is 29.3 Å². The van der Waals surface area contributed by atoms with Gasteiger partial charge in [-0.1, -0.05) is 13.8 Å². The molecule has 84 valence electrons. The third-order valence-electron chi connectivity index (χ3n) is 2.07. The van der Waals surface area contributed by atoms with Gasteiger partial charge in [0.05, 0.1) is 0 Å². The first-order valence-electron chi connectivity index (χ1n) is 4.42. The summed E-state index contributed by atoms with van der Waals surface area (Å²) in [4.78, 5) is -0.593. The summed E-state index contributed by atoms with van der Waals surface area (Å²) in [6.45, 7) is 3.41. The van der Waals surface area contributed by atoms with Crippen molar-refractivity contribution in [2.24, 2.45) is 0 Å². The molecule has 0 atom stereocenters. The van der Waals surface area contributed by atoms with E-state index in [0.29, 0.717) is 0 Å². The zero-order valence-corrected chi connectivity index (χ0v) is 9.53. The van der Waals surface area contributed by atoms with Gasteiger partial charge in [-0.2, -0.15) is 0 Å². The molecule has 0 amide bonds. The second kappa shape index (κ2) is 3.89. The third-order valence-corrected chi connectivity index (χ3v) is 3.18. The molecule has 2 nitrogen and oxygen atoms in total. The number of rotatable bonds is 2. The van der Waals surface area contributed by atoms with E-state index in [2.05, 4.69) is 0 Å². The second-order valence-corrected chi connectivity index (χ2v) is 5.72. The number of halogens is 2. The Morgan fingerprint density at radius 3 is 2.07 bits per heavy atom. The highest BCUT2D eigenvalue weighted by atomic mass is 32.2. The van der Waals surface area contributed by atoms with Crippen LogP contribution in [0.15, 0.2) is 17.0 Å². The van der Waals surface area contributed by atoms with E-state index in [-0.39, 0.29) is 11.5 Å². The molecule has 0 heterocycles. The van der Waals surface area contributed by atoms with Crippen LogP contribution in [-0.4, -0.2) is 14.7 Å². The topological polar surface area (TPSA) is 34.1 Å². The average molecular weight is 234 g/mol. The average Bonchev–Trinajstić information content (AvgIpc) is 2.06. The molecule has 0 bridgehead atoms. The van der Waals surface area contributed by atoms with Gasteiger partial charge in [0.15, 0.2) is 9.84 Å². The molecule has 0 N–H and O–H groups in total. The Kier molecular flexibility index (Phi) is 3.13. The van der Waals surface area contributed by atoms with E-state index in [9.17, 15) is 17.2 Å². The van der Waals surface area contributed by atoms with Crippen LogP contribution in [0.25, 0.3) is 0 Å². The summed E-state index contributed by atoms with van der Waals surface area (Å²) in [7, 11) is -3.71. The lowest BCUT2D eigenvalue weighted by molar-refractivity contribution is 0.543. The van der Waals surface area contributed by atoms with E-state index in [0.717, 1.165) is 18.4 Å². The lowest BCUT2D eigenvalue weighted by atomic mass is 10.0. The molecule has 15 heavy (non-hydrogen) atoms. The predicted octanol–water partition coefficient (Wildman–Crippen LogP) is 2.49. The zero-order chi connectivity index (χ0) is 11.8. The van der Waals surface area contributed by atoms with Gasteiger partial charge in [0.25, 0.3) is 0 Å². The first-order valence-corrected chi connectivity index (χ1v) is 6.31. The van der Waals surface area contributed by atoms with Crippen LogP contribution in [0.1, 0.15) is 25.3 Å². The van der Waals surface area contributed by atoms with Crippen LogP contribution in [-0.2, 0) is 9.84 Å². The molecular formula is C10H12F2O2S. The summed E-state index contributed by atoms with van der Waals surface area (Å²) in [5.41, 5.74) is 0.180. The summed E-state index contributed by atoms with van der Waals surface area (Å²) < 4.78 is 48.9. The van der Waals surface area contributed by atoms with Gasteiger partial charge in [0, 0.05) is 6.26 Å². The van der Waals surface area contributed by atoms with Gasteiger partial charge in [-0.25, -0.2) is 17.2 Å². The number of hydrogen-bond donors (Lipinski definition) is 0. The number of sulfone groups is 1. The normalized spacial score (nSPS) is 12.1. The van der Waals surface area contributed by atoms with E-state index < -0.39 is 26.4 Å². The lowest BCUT2D eigenvalue weighted by Crippen LogP contribution is -2.04. The molecule has 0 fully saturated rings. The molecule has 1 aromatic rings. The van der Waals surface area contributed by atoms with Crippen LogP contribution in [0, 0.1) is 11.6 Å². The fraction of sp³-hybridized carbons (Fsp3) is 0.400. The van der Waals surface area contributed by atoms with E-state index in [1.165, 1.54) is 0 Å². The first kappa shape index (κ1) is 12.1. The molecule has 5 heteroatoms. The van der Waals surface area contributed by atoms with Gasteiger partial charge in [-0.05, 0) is 23.6 Å². The largest absolute Gasteiger partial charge is 0.224 e. The zero-order valence-electron chi connectivity index (χ0n) is 8.71. The van der Waals surface area contributed by atoms with Crippen LogP contribution in [0.5, 0.6) is 0 Å². The quantitative estimate of drug-likeness (QED) is 0.787. The molecule has 0 aliphatic carbocycles. The van der Waals surface area contributed by atoms with Crippen molar-refractivity contribution in [3.8, 4) is 0 Å². The van der Waals surface area contributed by atoms with Gasteiger partial charge in [-0.3, -0.25) is 0 Å². The van der Waals surface area contributed by atoms with Crippen molar-refractivity contribution >= 4 is 9.84 Å². The van der Waals surface area contributed by atoms with Gasteiger partial charge in [-0.15, -0.1) is 0 Å².